The number of benzene rings is 1. The highest BCUT2D eigenvalue weighted by Gasteiger charge is 1.98. The molecule has 0 aliphatic rings. The number of methoxy groups -OCH3 is 1. The van der Waals surface area contributed by atoms with Crippen LogP contribution in [0.1, 0.15) is 12.0 Å². The Morgan fingerprint density at radius 3 is 2.88 bits per heavy atom. The molecule has 0 fully saturated rings. The van der Waals surface area contributed by atoms with Gasteiger partial charge < -0.3 is 10.1 Å². The fourth-order valence-corrected chi connectivity index (χ4v) is 2.73. The minimum atomic E-state index is -0.232. The van der Waals surface area contributed by atoms with E-state index in [4.69, 9.17) is 4.74 Å². The Labute approximate surface area is 145 Å². The van der Waals surface area contributed by atoms with Crippen molar-refractivity contribution < 1.29 is 13.9 Å². The molecule has 0 unspecified atom stereocenters. The standard InChI is InChI=1S/C18H19FN2O2S/c1-23-16-11-14(12-20-13-16)3-8-18(22)21-9-2-10-24-17-6-4-15(19)5-7-17/h3-8,11-13H,2,9-10H2,1H3,(H,21,22)/b8-3+. The summed E-state index contributed by atoms with van der Waals surface area (Å²) in [5.41, 5.74) is 0.802. The van der Waals surface area contributed by atoms with E-state index >= 15 is 0 Å². The molecule has 1 aromatic heterocycles. The smallest absolute Gasteiger partial charge is 0.244 e. The number of rotatable bonds is 8. The highest BCUT2D eigenvalue weighted by atomic mass is 32.2. The number of nitrogens with one attached hydrogen (secondary N) is 1. The summed E-state index contributed by atoms with van der Waals surface area (Å²) in [6, 6.07) is 8.20. The number of carbonyl (C=O) groups excluding carboxylic acids is 1. The van der Waals surface area contributed by atoms with E-state index in [1.807, 2.05) is 0 Å². The normalized spacial score (nSPS) is 10.8. The lowest BCUT2D eigenvalue weighted by Crippen LogP contribution is -2.22. The van der Waals surface area contributed by atoms with E-state index in [2.05, 4.69) is 10.3 Å². The van der Waals surface area contributed by atoms with Crippen LogP contribution in [0.4, 0.5) is 4.39 Å². The van der Waals surface area contributed by atoms with Crippen molar-refractivity contribution in [3.8, 4) is 5.75 Å². The van der Waals surface area contributed by atoms with Gasteiger partial charge >= 0.3 is 0 Å². The predicted molar refractivity (Wildman–Crippen MR) is 94.6 cm³/mol. The fraction of sp³-hybridized carbons (Fsp3) is 0.222. The van der Waals surface area contributed by atoms with Crippen LogP contribution in [0.5, 0.6) is 5.75 Å². The number of ether oxygens (including phenoxy) is 1. The summed E-state index contributed by atoms with van der Waals surface area (Å²) >= 11 is 1.64. The van der Waals surface area contributed by atoms with Gasteiger partial charge in [0.1, 0.15) is 11.6 Å². The highest BCUT2D eigenvalue weighted by molar-refractivity contribution is 7.99. The molecule has 1 amide bonds. The second-order valence-corrected chi connectivity index (χ2v) is 6.11. The van der Waals surface area contributed by atoms with Gasteiger partial charge in [-0.3, -0.25) is 9.78 Å². The third-order valence-corrected chi connectivity index (χ3v) is 4.20. The summed E-state index contributed by atoms with van der Waals surface area (Å²) in [4.78, 5) is 16.8. The molecule has 1 heterocycles. The molecule has 6 heteroatoms. The molecule has 2 aromatic rings. The van der Waals surface area contributed by atoms with E-state index in [9.17, 15) is 9.18 Å². The van der Waals surface area contributed by atoms with Crippen LogP contribution >= 0.6 is 11.8 Å². The number of pyridine rings is 1. The van der Waals surface area contributed by atoms with Crippen molar-refractivity contribution >= 4 is 23.7 Å². The maximum absolute atomic E-state index is 12.8. The molecule has 1 aromatic carbocycles. The van der Waals surface area contributed by atoms with E-state index in [0.717, 1.165) is 22.6 Å². The Morgan fingerprint density at radius 1 is 1.33 bits per heavy atom. The second kappa shape index (κ2) is 9.72. The van der Waals surface area contributed by atoms with Gasteiger partial charge in [-0.1, -0.05) is 0 Å². The molecule has 0 aliphatic carbocycles. The quantitative estimate of drug-likeness (QED) is 0.451. The van der Waals surface area contributed by atoms with Crippen molar-refractivity contribution in [2.24, 2.45) is 0 Å². The lowest BCUT2D eigenvalue weighted by atomic mass is 10.2. The number of aromatic nitrogens is 1. The van der Waals surface area contributed by atoms with Gasteiger partial charge in [0.2, 0.25) is 5.91 Å². The van der Waals surface area contributed by atoms with Crippen molar-refractivity contribution in [2.75, 3.05) is 19.4 Å². The first-order valence-corrected chi connectivity index (χ1v) is 8.49. The summed E-state index contributed by atoms with van der Waals surface area (Å²) < 4.78 is 17.9. The van der Waals surface area contributed by atoms with E-state index in [-0.39, 0.29) is 11.7 Å². The van der Waals surface area contributed by atoms with Crippen LogP contribution in [0.25, 0.3) is 6.08 Å². The van der Waals surface area contributed by atoms with Gasteiger partial charge in [0.15, 0.2) is 0 Å². The monoisotopic (exact) mass is 346 g/mol. The molecular formula is C18H19FN2O2S. The molecule has 0 aliphatic heterocycles. The second-order valence-electron chi connectivity index (χ2n) is 4.94. The maximum Gasteiger partial charge on any atom is 0.244 e. The molecule has 1 N–H and O–H groups in total. The van der Waals surface area contributed by atoms with Crippen LogP contribution in [0.15, 0.2) is 53.7 Å². The van der Waals surface area contributed by atoms with Crippen LogP contribution in [-0.2, 0) is 4.79 Å². The van der Waals surface area contributed by atoms with Gasteiger partial charge in [-0.15, -0.1) is 11.8 Å². The molecular weight excluding hydrogens is 327 g/mol. The topological polar surface area (TPSA) is 51.2 Å². The van der Waals surface area contributed by atoms with Gasteiger partial charge in [-0.25, -0.2) is 4.39 Å². The number of hydrogen-bond acceptors (Lipinski definition) is 4. The SMILES string of the molecule is COc1cncc(/C=C/C(=O)NCCCSc2ccc(F)cc2)c1. The summed E-state index contributed by atoms with van der Waals surface area (Å²) in [6.45, 7) is 0.591. The van der Waals surface area contributed by atoms with Crippen molar-refractivity contribution in [1.29, 1.82) is 0 Å². The summed E-state index contributed by atoms with van der Waals surface area (Å²) in [6.07, 6.45) is 7.27. The van der Waals surface area contributed by atoms with Gasteiger partial charge in [-0.2, -0.15) is 0 Å². The minimum absolute atomic E-state index is 0.149. The average molecular weight is 346 g/mol. The van der Waals surface area contributed by atoms with Gasteiger partial charge in [0.05, 0.1) is 13.3 Å². The zero-order chi connectivity index (χ0) is 17.2. The number of thioether (sulfide) groups is 1. The highest BCUT2D eigenvalue weighted by Crippen LogP contribution is 2.18. The number of nitrogens with zero attached hydrogens (tertiary/aromatic N) is 1. The molecule has 0 saturated heterocycles. The Hall–Kier alpha value is -2.34. The molecule has 0 bridgehead atoms. The van der Waals surface area contributed by atoms with Crippen LogP contribution in [0, 0.1) is 5.82 Å². The van der Waals surface area contributed by atoms with Crippen LogP contribution in [0.3, 0.4) is 0 Å². The zero-order valence-electron chi connectivity index (χ0n) is 13.4. The largest absolute Gasteiger partial charge is 0.495 e. The first-order chi connectivity index (χ1) is 11.7. The van der Waals surface area contributed by atoms with Gasteiger partial charge in [-0.05, 0) is 54.1 Å². The predicted octanol–water partition coefficient (Wildman–Crippen LogP) is 3.54. The minimum Gasteiger partial charge on any atom is -0.495 e. The third kappa shape index (κ3) is 6.42. The van der Waals surface area contributed by atoms with Crippen molar-refractivity contribution in [2.45, 2.75) is 11.3 Å². The van der Waals surface area contributed by atoms with Crippen molar-refractivity contribution in [3.63, 3.8) is 0 Å². The molecule has 0 radical (unpaired) electrons. The van der Waals surface area contributed by atoms with Crippen LogP contribution in [0.2, 0.25) is 0 Å². The van der Waals surface area contributed by atoms with Crippen molar-refractivity contribution in [3.05, 3.63) is 60.2 Å². The fourth-order valence-electron chi connectivity index (χ4n) is 1.87. The molecule has 4 nitrogen and oxygen atoms in total. The Morgan fingerprint density at radius 2 is 2.12 bits per heavy atom. The first-order valence-electron chi connectivity index (χ1n) is 7.50. The Kier molecular flexibility index (Phi) is 7.29. The summed E-state index contributed by atoms with van der Waals surface area (Å²) in [5.74, 6) is 1.12. The zero-order valence-corrected chi connectivity index (χ0v) is 14.2. The molecule has 0 saturated carbocycles. The average Bonchev–Trinajstić information content (AvgIpc) is 2.61. The van der Waals surface area contributed by atoms with Gasteiger partial charge in [0, 0.05) is 23.7 Å². The van der Waals surface area contributed by atoms with E-state index in [0.29, 0.717) is 12.3 Å². The number of hydrogen-bond donors (Lipinski definition) is 1. The molecule has 126 valence electrons. The Balaban J connectivity index is 1.65. The third-order valence-electron chi connectivity index (χ3n) is 3.10. The van der Waals surface area contributed by atoms with E-state index in [1.54, 1.807) is 55.5 Å². The summed E-state index contributed by atoms with van der Waals surface area (Å²) in [7, 11) is 1.57. The maximum atomic E-state index is 12.8. The first kappa shape index (κ1) is 18.0. The molecule has 2 rings (SSSR count). The molecule has 0 spiro atoms. The number of halogens is 1. The molecule has 0 atom stereocenters. The summed E-state index contributed by atoms with van der Waals surface area (Å²) in [5, 5.41) is 2.83. The lowest BCUT2D eigenvalue weighted by molar-refractivity contribution is -0.116. The van der Waals surface area contributed by atoms with E-state index in [1.165, 1.54) is 18.2 Å². The Bertz CT molecular complexity index is 690. The molecule has 24 heavy (non-hydrogen) atoms. The lowest BCUT2D eigenvalue weighted by Gasteiger charge is -2.03. The van der Waals surface area contributed by atoms with Gasteiger partial charge in [0.25, 0.3) is 0 Å². The van der Waals surface area contributed by atoms with Crippen LogP contribution in [-0.4, -0.2) is 30.3 Å². The van der Waals surface area contributed by atoms with Crippen LogP contribution < -0.4 is 10.1 Å². The number of amides is 1. The van der Waals surface area contributed by atoms with E-state index < -0.39 is 0 Å². The van der Waals surface area contributed by atoms with Crippen molar-refractivity contribution in [1.82, 2.24) is 10.3 Å². The number of carbonyl (C=O) groups is 1.